The standard InChI is InChI=1S/C6H5Cl2N.C2H3NO3/c7-4-1-5(8)3-6(9)2-4;4-1-3-2(5)6/h1-3H,9H2;1H,(H,3,4)(H,5,6). The lowest BCUT2D eigenvalue weighted by molar-refractivity contribution is -0.108. The average Bonchev–Trinajstić information content (AvgIpc) is 2.00. The summed E-state index contributed by atoms with van der Waals surface area (Å²) in [6.45, 7) is 0. The first kappa shape index (κ1) is 13.5. The lowest BCUT2D eigenvalue weighted by atomic mass is 10.3. The van der Waals surface area contributed by atoms with Crippen molar-refractivity contribution in [3.05, 3.63) is 28.2 Å². The number of hydrogen-bond acceptors (Lipinski definition) is 3. The minimum Gasteiger partial charge on any atom is -0.465 e. The van der Waals surface area contributed by atoms with Gasteiger partial charge in [-0.25, -0.2) is 4.79 Å². The van der Waals surface area contributed by atoms with E-state index in [1.54, 1.807) is 18.2 Å². The van der Waals surface area contributed by atoms with E-state index in [0.29, 0.717) is 15.7 Å². The summed E-state index contributed by atoms with van der Waals surface area (Å²) in [5.41, 5.74) is 5.98. The van der Waals surface area contributed by atoms with Gasteiger partial charge in [0.2, 0.25) is 6.41 Å². The van der Waals surface area contributed by atoms with Crippen molar-refractivity contribution in [1.82, 2.24) is 5.32 Å². The predicted molar refractivity (Wildman–Crippen MR) is 58.1 cm³/mol. The largest absolute Gasteiger partial charge is 0.465 e. The van der Waals surface area contributed by atoms with E-state index < -0.39 is 6.09 Å². The van der Waals surface area contributed by atoms with Crippen LogP contribution < -0.4 is 11.1 Å². The minimum atomic E-state index is -1.33. The minimum absolute atomic E-state index is 0.0995. The van der Waals surface area contributed by atoms with Gasteiger partial charge in [0, 0.05) is 15.7 Å². The molecule has 1 aromatic rings. The van der Waals surface area contributed by atoms with Gasteiger partial charge in [-0.3, -0.25) is 10.1 Å². The third-order valence-corrected chi connectivity index (χ3v) is 1.50. The molecule has 0 saturated carbocycles. The predicted octanol–water partition coefficient (Wildman–Crippen LogP) is 1.99. The molecule has 0 atom stereocenters. The topological polar surface area (TPSA) is 92.4 Å². The molecule has 1 rings (SSSR count). The molecule has 0 aliphatic carbocycles. The maximum Gasteiger partial charge on any atom is 0.411 e. The number of carboxylic acid groups (broad SMARTS) is 1. The molecule has 0 radical (unpaired) electrons. The Hall–Kier alpha value is -1.46. The van der Waals surface area contributed by atoms with Gasteiger partial charge in [-0.05, 0) is 18.2 Å². The quantitative estimate of drug-likeness (QED) is 0.525. The van der Waals surface area contributed by atoms with Crippen LogP contribution in [-0.4, -0.2) is 17.6 Å². The van der Waals surface area contributed by atoms with Gasteiger partial charge < -0.3 is 10.8 Å². The van der Waals surface area contributed by atoms with Crippen molar-refractivity contribution in [3.8, 4) is 0 Å². The summed E-state index contributed by atoms with van der Waals surface area (Å²) >= 11 is 11.2. The van der Waals surface area contributed by atoms with Gasteiger partial charge in [0.15, 0.2) is 0 Å². The Kier molecular flexibility index (Phi) is 6.24. The highest BCUT2D eigenvalue weighted by molar-refractivity contribution is 6.35. The maximum absolute atomic E-state index is 9.26. The molecule has 7 heteroatoms. The van der Waals surface area contributed by atoms with Crippen LogP contribution in [0.3, 0.4) is 0 Å². The SMILES string of the molecule is Nc1cc(Cl)cc(Cl)c1.O=CNC(=O)O. The van der Waals surface area contributed by atoms with Gasteiger partial charge in [-0.15, -0.1) is 0 Å². The molecule has 0 aromatic heterocycles. The Bertz CT molecular complexity index is 307. The highest BCUT2D eigenvalue weighted by Gasteiger charge is 1.91. The number of rotatable bonds is 1. The Morgan fingerprint density at radius 1 is 1.33 bits per heavy atom. The summed E-state index contributed by atoms with van der Waals surface area (Å²) in [6.07, 6.45) is -1.23. The van der Waals surface area contributed by atoms with Gasteiger partial charge >= 0.3 is 6.09 Å². The Labute approximate surface area is 95.8 Å². The second-order valence-corrected chi connectivity index (χ2v) is 3.14. The lowest BCUT2D eigenvalue weighted by Crippen LogP contribution is -2.17. The number of benzene rings is 1. The highest BCUT2D eigenvalue weighted by Crippen LogP contribution is 2.19. The van der Waals surface area contributed by atoms with Gasteiger partial charge in [0.1, 0.15) is 0 Å². The van der Waals surface area contributed by atoms with Crippen molar-refractivity contribution in [2.45, 2.75) is 0 Å². The zero-order chi connectivity index (χ0) is 11.8. The Morgan fingerprint density at radius 2 is 1.80 bits per heavy atom. The van der Waals surface area contributed by atoms with Crippen LogP contribution in [0.5, 0.6) is 0 Å². The maximum atomic E-state index is 9.26. The molecule has 82 valence electrons. The molecular formula is C8H8Cl2N2O3. The first-order valence-electron chi connectivity index (χ1n) is 3.60. The molecule has 2 amide bonds. The molecule has 0 saturated heterocycles. The smallest absolute Gasteiger partial charge is 0.411 e. The van der Waals surface area contributed by atoms with Crippen LogP contribution >= 0.6 is 23.2 Å². The summed E-state index contributed by atoms with van der Waals surface area (Å²) in [7, 11) is 0. The number of carbonyl (C=O) groups is 2. The fourth-order valence-electron chi connectivity index (χ4n) is 0.626. The van der Waals surface area contributed by atoms with Crippen LogP contribution in [0.25, 0.3) is 0 Å². The van der Waals surface area contributed by atoms with Crippen molar-refractivity contribution in [3.63, 3.8) is 0 Å². The lowest BCUT2D eigenvalue weighted by Gasteiger charge is -1.93. The van der Waals surface area contributed by atoms with E-state index in [1.807, 2.05) is 0 Å². The van der Waals surface area contributed by atoms with Gasteiger partial charge in [0.05, 0.1) is 0 Å². The number of anilines is 1. The average molecular weight is 251 g/mol. The molecule has 1 aromatic carbocycles. The second kappa shape index (κ2) is 6.92. The van der Waals surface area contributed by atoms with E-state index in [9.17, 15) is 4.79 Å². The van der Waals surface area contributed by atoms with Crippen molar-refractivity contribution >= 4 is 41.4 Å². The van der Waals surface area contributed by atoms with Gasteiger partial charge in [0.25, 0.3) is 0 Å². The van der Waals surface area contributed by atoms with E-state index >= 15 is 0 Å². The molecule has 0 aliphatic heterocycles. The van der Waals surface area contributed by atoms with E-state index in [-0.39, 0.29) is 6.41 Å². The molecule has 0 spiro atoms. The van der Waals surface area contributed by atoms with Crippen molar-refractivity contribution in [2.75, 3.05) is 5.73 Å². The van der Waals surface area contributed by atoms with Gasteiger partial charge in [-0.2, -0.15) is 0 Å². The van der Waals surface area contributed by atoms with Crippen molar-refractivity contribution in [1.29, 1.82) is 0 Å². The van der Waals surface area contributed by atoms with Crippen LogP contribution in [0.2, 0.25) is 10.0 Å². The first-order valence-corrected chi connectivity index (χ1v) is 4.36. The van der Waals surface area contributed by atoms with Crippen LogP contribution in [0.15, 0.2) is 18.2 Å². The number of nitrogen functional groups attached to an aromatic ring is 1. The van der Waals surface area contributed by atoms with E-state index in [4.69, 9.17) is 38.8 Å². The zero-order valence-electron chi connectivity index (χ0n) is 7.41. The molecule has 4 N–H and O–H groups in total. The van der Waals surface area contributed by atoms with Crippen LogP contribution in [-0.2, 0) is 4.79 Å². The monoisotopic (exact) mass is 250 g/mol. The zero-order valence-corrected chi connectivity index (χ0v) is 8.92. The summed E-state index contributed by atoms with van der Waals surface area (Å²) in [5, 5.41) is 10.2. The molecule has 0 aliphatic rings. The van der Waals surface area contributed by atoms with Crippen LogP contribution in [0.1, 0.15) is 0 Å². The molecule has 0 fully saturated rings. The number of imide groups is 1. The molecule has 0 bridgehead atoms. The Morgan fingerprint density at radius 3 is 2.00 bits per heavy atom. The number of nitrogens with one attached hydrogen (secondary N) is 1. The number of hydrogen-bond donors (Lipinski definition) is 3. The van der Waals surface area contributed by atoms with E-state index in [2.05, 4.69) is 0 Å². The van der Waals surface area contributed by atoms with Crippen molar-refractivity contribution < 1.29 is 14.7 Å². The summed E-state index contributed by atoms with van der Waals surface area (Å²) in [5.74, 6) is 0. The first-order chi connectivity index (χ1) is 6.95. The number of carbonyl (C=O) groups excluding carboxylic acids is 1. The Balaban J connectivity index is 0.000000288. The van der Waals surface area contributed by atoms with Crippen LogP contribution in [0.4, 0.5) is 10.5 Å². The molecule has 5 nitrogen and oxygen atoms in total. The molecule has 15 heavy (non-hydrogen) atoms. The summed E-state index contributed by atoms with van der Waals surface area (Å²) in [4.78, 5) is 18.4. The second-order valence-electron chi connectivity index (χ2n) is 2.27. The molecular weight excluding hydrogens is 243 g/mol. The molecule has 0 unspecified atom stereocenters. The van der Waals surface area contributed by atoms with Crippen molar-refractivity contribution in [2.24, 2.45) is 0 Å². The normalized spacial score (nSPS) is 8.40. The van der Waals surface area contributed by atoms with E-state index in [1.165, 1.54) is 5.32 Å². The van der Waals surface area contributed by atoms with Crippen LogP contribution in [0, 0.1) is 0 Å². The number of halogens is 2. The summed E-state index contributed by atoms with van der Waals surface area (Å²) in [6, 6.07) is 4.93. The summed E-state index contributed by atoms with van der Waals surface area (Å²) < 4.78 is 0. The highest BCUT2D eigenvalue weighted by atomic mass is 35.5. The fraction of sp³-hybridized carbons (Fsp3) is 0. The third kappa shape index (κ3) is 7.60. The van der Waals surface area contributed by atoms with Gasteiger partial charge in [-0.1, -0.05) is 23.2 Å². The number of amides is 2. The molecule has 0 heterocycles. The number of nitrogens with two attached hydrogens (primary N) is 1. The third-order valence-electron chi connectivity index (χ3n) is 1.07. The fourth-order valence-corrected chi connectivity index (χ4v) is 1.17. The van der Waals surface area contributed by atoms with E-state index in [0.717, 1.165) is 0 Å².